The van der Waals surface area contributed by atoms with E-state index in [-0.39, 0.29) is 0 Å². The van der Waals surface area contributed by atoms with Crippen molar-refractivity contribution in [2.75, 3.05) is 5.32 Å². The van der Waals surface area contributed by atoms with Crippen LogP contribution < -0.4 is 5.32 Å². The lowest BCUT2D eigenvalue weighted by Crippen LogP contribution is -1.90. The second-order valence-corrected chi connectivity index (χ2v) is 3.18. The summed E-state index contributed by atoms with van der Waals surface area (Å²) in [5.41, 5.74) is 3.19. The first kappa shape index (κ1) is 8.75. The molecule has 0 unspecified atom stereocenters. The van der Waals surface area contributed by atoms with Gasteiger partial charge in [0.2, 0.25) is 0 Å². The van der Waals surface area contributed by atoms with Gasteiger partial charge in [-0.05, 0) is 31.2 Å². The van der Waals surface area contributed by atoms with E-state index in [4.69, 9.17) is 0 Å². The summed E-state index contributed by atoms with van der Waals surface area (Å²) in [5.74, 6) is 0. The third kappa shape index (κ3) is 2.10. The number of nitrogens with zero attached hydrogens (tertiary/aromatic N) is 1. The molecule has 70 valence electrons. The highest BCUT2D eigenvalue weighted by Gasteiger charge is 1.93. The van der Waals surface area contributed by atoms with Crippen LogP contribution >= 0.6 is 0 Å². The van der Waals surface area contributed by atoms with Gasteiger partial charge in [-0.3, -0.25) is 4.98 Å². The molecule has 14 heavy (non-hydrogen) atoms. The van der Waals surface area contributed by atoms with Gasteiger partial charge in [0.25, 0.3) is 0 Å². The second kappa shape index (κ2) is 3.92. The van der Waals surface area contributed by atoms with Crippen molar-refractivity contribution in [1.82, 2.24) is 4.98 Å². The molecule has 0 amide bonds. The molecule has 0 atom stereocenters. The Bertz CT molecular complexity index is 410. The van der Waals surface area contributed by atoms with Crippen molar-refractivity contribution in [3.05, 3.63) is 54.4 Å². The molecule has 1 N–H and O–H groups in total. The summed E-state index contributed by atoms with van der Waals surface area (Å²) in [5, 5.41) is 3.30. The molecular formula is C12H12N2. The van der Waals surface area contributed by atoms with Gasteiger partial charge in [-0.25, -0.2) is 0 Å². The zero-order valence-corrected chi connectivity index (χ0v) is 8.07. The highest BCUT2D eigenvalue weighted by Crippen LogP contribution is 2.15. The molecule has 1 heterocycles. The monoisotopic (exact) mass is 184 g/mol. The molecule has 0 radical (unpaired) electrons. The maximum Gasteiger partial charge on any atom is 0.0417 e. The van der Waals surface area contributed by atoms with E-state index in [2.05, 4.69) is 10.3 Å². The molecule has 2 nitrogen and oxygen atoms in total. The van der Waals surface area contributed by atoms with Gasteiger partial charge in [0.1, 0.15) is 0 Å². The lowest BCUT2D eigenvalue weighted by atomic mass is 10.3. The van der Waals surface area contributed by atoms with Crippen LogP contribution in [0.25, 0.3) is 0 Å². The molecule has 0 spiro atoms. The van der Waals surface area contributed by atoms with Gasteiger partial charge in [-0.2, -0.15) is 0 Å². The fourth-order valence-corrected chi connectivity index (χ4v) is 1.31. The first-order chi connectivity index (χ1) is 6.84. The molecular weight excluding hydrogens is 172 g/mol. The number of nitrogens with one attached hydrogen (secondary N) is 1. The zero-order chi connectivity index (χ0) is 9.80. The molecule has 2 heteroatoms. The third-order valence-corrected chi connectivity index (χ3v) is 1.96. The van der Waals surface area contributed by atoms with Crippen LogP contribution in [0.3, 0.4) is 0 Å². The Morgan fingerprint density at radius 1 is 1.00 bits per heavy atom. The predicted octanol–water partition coefficient (Wildman–Crippen LogP) is 3.13. The Balaban J connectivity index is 2.19. The molecule has 2 rings (SSSR count). The van der Waals surface area contributed by atoms with E-state index in [0.717, 1.165) is 17.1 Å². The Morgan fingerprint density at radius 2 is 1.79 bits per heavy atom. The summed E-state index contributed by atoms with van der Waals surface area (Å²) in [7, 11) is 0. The normalized spacial score (nSPS) is 9.79. The topological polar surface area (TPSA) is 24.9 Å². The molecule has 0 aliphatic rings. The van der Waals surface area contributed by atoms with E-state index < -0.39 is 0 Å². The van der Waals surface area contributed by atoms with E-state index in [1.807, 2.05) is 49.4 Å². The minimum absolute atomic E-state index is 1.02. The quantitative estimate of drug-likeness (QED) is 0.775. The van der Waals surface area contributed by atoms with Gasteiger partial charge in [0.05, 0.1) is 0 Å². The minimum atomic E-state index is 1.02. The van der Waals surface area contributed by atoms with Crippen molar-refractivity contribution >= 4 is 11.4 Å². The molecule has 0 fully saturated rings. The largest absolute Gasteiger partial charge is 0.355 e. The maximum absolute atomic E-state index is 4.14. The van der Waals surface area contributed by atoms with Gasteiger partial charge in [0.15, 0.2) is 0 Å². The van der Waals surface area contributed by atoms with Gasteiger partial charge < -0.3 is 5.32 Å². The highest BCUT2D eigenvalue weighted by molar-refractivity contribution is 5.59. The van der Waals surface area contributed by atoms with Crippen LogP contribution in [-0.2, 0) is 0 Å². The summed E-state index contributed by atoms with van der Waals surface area (Å²) < 4.78 is 0. The Kier molecular flexibility index (Phi) is 2.45. The maximum atomic E-state index is 4.14. The van der Waals surface area contributed by atoms with Crippen molar-refractivity contribution in [1.29, 1.82) is 0 Å². The Morgan fingerprint density at radius 3 is 2.50 bits per heavy atom. The fraction of sp³-hybridized carbons (Fsp3) is 0.0833. The summed E-state index contributed by atoms with van der Waals surface area (Å²) in [6, 6.07) is 14.1. The lowest BCUT2D eigenvalue weighted by Gasteiger charge is -2.05. The number of aryl methyl sites for hydroxylation is 1. The second-order valence-electron chi connectivity index (χ2n) is 3.18. The fourth-order valence-electron chi connectivity index (χ4n) is 1.31. The van der Waals surface area contributed by atoms with Crippen LogP contribution in [0.4, 0.5) is 11.4 Å². The van der Waals surface area contributed by atoms with Gasteiger partial charge >= 0.3 is 0 Å². The van der Waals surface area contributed by atoms with Crippen molar-refractivity contribution in [2.45, 2.75) is 6.92 Å². The number of pyridine rings is 1. The van der Waals surface area contributed by atoms with E-state index >= 15 is 0 Å². The number of anilines is 2. The summed E-state index contributed by atoms with van der Waals surface area (Å²) >= 11 is 0. The average molecular weight is 184 g/mol. The number of aromatic nitrogens is 1. The molecule has 1 aromatic carbocycles. The third-order valence-electron chi connectivity index (χ3n) is 1.96. The first-order valence-electron chi connectivity index (χ1n) is 4.59. The molecule has 0 bridgehead atoms. The molecule has 2 aromatic rings. The van der Waals surface area contributed by atoms with Crippen LogP contribution in [0.15, 0.2) is 48.7 Å². The highest BCUT2D eigenvalue weighted by atomic mass is 14.9. The van der Waals surface area contributed by atoms with E-state index in [0.29, 0.717) is 0 Å². The van der Waals surface area contributed by atoms with Crippen LogP contribution in [0, 0.1) is 6.92 Å². The SMILES string of the molecule is Cc1cc(Nc2ccccc2)ccn1. The van der Waals surface area contributed by atoms with E-state index in [1.54, 1.807) is 6.20 Å². The first-order valence-corrected chi connectivity index (χ1v) is 4.59. The van der Waals surface area contributed by atoms with Crippen LogP contribution in [0.2, 0.25) is 0 Å². The smallest absolute Gasteiger partial charge is 0.0417 e. The van der Waals surface area contributed by atoms with Gasteiger partial charge in [-0.1, -0.05) is 18.2 Å². The van der Waals surface area contributed by atoms with E-state index in [9.17, 15) is 0 Å². The van der Waals surface area contributed by atoms with Gasteiger partial charge in [-0.15, -0.1) is 0 Å². The van der Waals surface area contributed by atoms with E-state index in [1.165, 1.54) is 0 Å². The number of hydrogen-bond acceptors (Lipinski definition) is 2. The minimum Gasteiger partial charge on any atom is -0.355 e. The molecule has 0 saturated carbocycles. The van der Waals surface area contributed by atoms with Crippen LogP contribution in [0.5, 0.6) is 0 Å². The molecule has 0 saturated heterocycles. The standard InChI is InChI=1S/C12H12N2/c1-10-9-12(7-8-13-10)14-11-5-3-2-4-6-11/h2-9H,1H3,(H,13,14). The summed E-state index contributed by atoms with van der Waals surface area (Å²) in [6.45, 7) is 1.98. The summed E-state index contributed by atoms with van der Waals surface area (Å²) in [4.78, 5) is 4.14. The zero-order valence-electron chi connectivity index (χ0n) is 8.07. The molecule has 1 aromatic heterocycles. The average Bonchev–Trinajstić information content (AvgIpc) is 2.19. The molecule has 0 aliphatic heterocycles. The number of benzene rings is 1. The molecule has 0 aliphatic carbocycles. The number of rotatable bonds is 2. The van der Waals surface area contributed by atoms with Gasteiger partial charge in [0, 0.05) is 23.3 Å². The number of hydrogen-bond donors (Lipinski definition) is 1. The Hall–Kier alpha value is -1.83. The summed E-state index contributed by atoms with van der Waals surface area (Å²) in [6.07, 6.45) is 1.81. The van der Waals surface area contributed by atoms with Crippen molar-refractivity contribution < 1.29 is 0 Å². The Labute approximate surface area is 83.6 Å². The number of para-hydroxylation sites is 1. The predicted molar refractivity (Wildman–Crippen MR) is 58.7 cm³/mol. The van der Waals surface area contributed by atoms with Crippen molar-refractivity contribution in [3.63, 3.8) is 0 Å². The van der Waals surface area contributed by atoms with Crippen molar-refractivity contribution in [3.8, 4) is 0 Å². The van der Waals surface area contributed by atoms with Crippen molar-refractivity contribution in [2.24, 2.45) is 0 Å². The van der Waals surface area contributed by atoms with Crippen LogP contribution in [-0.4, -0.2) is 4.98 Å². The van der Waals surface area contributed by atoms with Crippen LogP contribution in [0.1, 0.15) is 5.69 Å². The lowest BCUT2D eigenvalue weighted by molar-refractivity contribution is 1.20.